The number of rotatable bonds is 5. The quantitative estimate of drug-likeness (QED) is 0.794. The number of phenols is 2. The van der Waals surface area contributed by atoms with Crippen LogP contribution in [-0.4, -0.2) is 34.2 Å². The normalized spacial score (nSPS) is 16.5. The highest BCUT2D eigenvalue weighted by molar-refractivity contribution is 5.38. The number of piperidine rings is 1. The molecule has 0 bridgehead atoms. The zero-order valence-corrected chi connectivity index (χ0v) is 13.3. The second kappa shape index (κ2) is 7.49. The molecular formula is C19H24N2O2. The molecule has 1 heterocycles. The summed E-state index contributed by atoms with van der Waals surface area (Å²) in [6.07, 6.45) is 2.23. The van der Waals surface area contributed by atoms with E-state index < -0.39 is 0 Å². The molecule has 0 unspecified atom stereocenters. The maximum atomic E-state index is 9.82. The fourth-order valence-corrected chi connectivity index (χ4v) is 3.09. The summed E-state index contributed by atoms with van der Waals surface area (Å²) in [5.41, 5.74) is 2.20. The number of hydrogen-bond donors (Lipinski definition) is 3. The van der Waals surface area contributed by atoms with Crippen LogP contribution >= 0.6 is 0 Å². The minimum Gasteiger partial charge on any atom is -0.508 e. The van der Waals surface area contributed by atoms with E-state index in [9.17, 15) is 10.2 Å². The van der Waals surface area contributed by atoms with E-state index in [0.29, 0.717) is 12.6 Å². The van der Waals surface area contributed by atoms with Gasteiger partial charge in [0.05, 0.1) is 0 Å². The molecule has 4 nitrogen and oxygen atoms in total. The summed E-state index contributed by atoms with van der Waals surface area (Å²) in [4.78, 5) is 2.49. The predicted octanol–water partition coefficient (Wildman–Crippen LogP) is 2.85. The van der Waals surface area contributed by atoms with E-state index >= 15 is 0 Å². The Kier molecular flexibility index (Phi) is 5.16. The Morgan fingerprint density at radius 3 is 2.43 bits per heavy atom. The summed E-state index contributed by atoms with van der Waals surface area (Å²) in [5.74, 6) is 0.250. The third-order valence-electron chi connectivity index (χ3n) is 4.49. The second-order valence-electron chi connectivity index (χ2n) is 6.23. The first-order valence-corrected chi connectivity index (χ1v) is 8.21. The van der Waals surface area contributed by atoms with Crippen molar-refractivity contribution < 1.29 is 10.2 Å². The van der Waals surface area contributed by atoms with Crippen molar-refractivity contribution in [2.45, 2.75) is 32.0 Å². The minimum atomic E-state index is 0.0977. The van der Waals surface area contributed by atoms with Gasteiger partial charge < -0.3 is 15.5 Å². The fourth-order valence-electron chi connectivity index (χ4n) is 3.09. The lowest BCUT2D eigenvalue weighted by atomic mass is 10.0. The number of benzene rings is 2. The third kappa shape index (κ3) is 4.47. The lowest BCUT2D eigenvalue weighted by Crippen LogP contribution is -2.41. The van der Waals surface area contributed by atoms with Crippen LogP contribution in [0.25, 0.3) is 0 Å². The van der Waals surface area contributed by atoms with Crippen LogP contribution in [-0.2, 0) is 13.1 Å². The van der Waals surface area contributed by atoms with Crippen LogP contribution in [0.1, 0.15) is 24.0 Å². The Hall–Kier alpha value is -2.04. The molecule has 0 saturated carbocycles. The molecule has 2 aromatic rings. The van der Waals surface area contributed by atoms with E-state index in [-0.39, 0.29) is 11.5 Å². The number of hydrogen-bond acceptors (Lipinski definition) is 4. The fraction of sp³-hybridized carbons (Fsp3) is 0.368. The van der Waals surface area contributed by atoms with Gasteiger partial charge >= 0.3 is 0 Å². The van der Waals surface area contributed by atoms with Crippen LogP contribution in [0.2, 0.25) is 0 Å². The molecular weight excluding hydrogens is 288 g/mol. The molecule has 0 radical (unpaired) electrons. The first-order chi connectivity index (χ1) is 11.2. The van der Waals surface area contributed by atoms with Crippen LogP contribution < -0.4 is 5.32 Å². The Bertz CT molecular complexity index is 623. The first kappa shape index (κ1) is 15.8. The van der Waals surface area contributed by atoms with Crippen molar-refractivity contribution in [3.63, 3.8) is 0 Å². The largest absolute Gasteiger partial charge is 0.508 e. The average Bonchev–Trinajstić information content (AvgIpc) is 2.56. The summed E-state index contributed by atoms with van der Waals surface area (Å²) in [6.45, 7) is 3.84. The van der Waals surface area contributed by atoms with E-state index in [1.807, 2.05) is 0 Å². The third-order valence-corrected chi connectivity index (χ3v) is 4.49. The van der Waals surface area contributed by atoms with Crippen molar-refractivity contribution in [2.75, 3.05) is 13.1 Å². The number of nitrogens with one attached hydrogen (secondary N) is 1. The Morgan fingerprint density at radius 2 is 1.74 bits per heavy atom. The van der Waals surface area contributed by atoms with Gasteiger partial charge in [0.1, 0.15) is 11.5 Å². The molecule has 0 aliphatic carbocycles. The zero-order valence-electron chi connectivity index (χ0n) is 13.3. The topological polar surface area (TPSA) is 55.7 Å². The maximum Gasteiger partial charge on any atom is 0.123 e. The van der Waals surface area contributed by atoms with Crippen LogP contribution in [0, 0.1) is 0 Å². The zero-order chi connectivity index (χ0) is 16.1. The highest BCUT2D eigenvalue weighted by atomic mass is 16.3. The van der Waals surface area contributed by atoms with Crippen LogP contribution in [0.5, 0.6) is 11.5 Å². The number of likely N-dealkylation sites (tertiary alicyclic amines) is 1. The monoisotopic (exact) mass is 312 g/mol. The predicted molar refractivity (Wildman–Crippen MR) is 91.4 cm³/mol. The highest BCUT2D eigenvalue weighted by Gasteiger charge is 2.19. The lowest BCUT2D eigenvalue weighted by molar-refractivity contribution is 0.190. The van der Waals surface area contributed by atoms with Crippen molar-refractivity contribution >= 4 is 0 Å². The molecule has 23 heavy (non-hydrogen) atoms. The van der Waals surface area contributed by atoms with Gasteiger partial charge in [0.15, 0.2) is 0 Å². The molecule has 1 fully saturated rings. The van der Waals surface area contributed by atoms with Crippen molar-refractivity contribution in [3.05, 3.63) is 59.7 Å². The molecule has 3 N–H and O–H groups in total. The van der Waals surface area contributed by atoms with E-state index in [0.717, 1.165) is 38.0 Å². The molecule has 0 aromatic heterocycles. The van der Waals surface area contributed by atoms with Gasteiger partial charge in [-0.1, -0.05) is 36.4 Å². The molecule has 0 atom stereocenters. The van der Waals surface area contributed by atoms with Crippen LogP contribution in [0.3, 0.4) is 0 Å². The van der Waals surface area contributed by atoms with Crippen molar-refractivity contribution in [1.29, 1.82) is 0 Å². The molecule has 3 rings (SSSR count). The van der Waals surface area contributed by atoms with E-state index in [4.69, 9.17) is 0 Å². The summed E-state index contributed by atoms with van der Waals surface area (Å²) < 4.78 is 0. The van der Waals surface area contributed by atoms with Gasteiger partial charge in [-0.25, -0.2) is 0 Å². The van der Waals surface area contributed by atoms with Crippen LogP contribution in [0.4, 0.5) is 0 Å². The summed E-state index contributed by atoms with van der Waals surface area (Å²) in [7, 11) is 0. The summed E-state index contributed by atoms with van der Waals surface area (Å²) >= 11 is 0. The van der Waals surface area contributed by atoms with Gasteiger partial charge in [-0.2, -0.15) is 0 Å². The molecule has 2 aromatic carbocycles. The smallest absolute Gasteiger partial charge is 0.123 e. The number of phenolic OH excluding ortho intramolecular Hbond substituents is 2. The van der Waals surface area contributed by atoms with Crippen molar-refractivity contribution in [3.8, 4) is 11.5 Å². The van der Waals surface area contributed by atoms with E-state index in [1.54, 1.807) is 12.1 Å². The Labute approximate surface area is 137 Å². The van der Waals surface area contributed by atoms with Crippen molar-refractivity contribution in [1.82, 2.24) is 10.2 Å². The van der Waals surface area contributed by atoms with Crippen LogP contribution in [0.15, 0.2) is 48.5 Å². The molecule has 122 valence electrons. The Morgan fingerprint density at radius 1 is 1.00 bits per heavy atom. The van der Waals surface area contributed by atoms with Gasteiger partial charge in [-0.3, -0.25) is 4.90 Å². The van der Waals surface area contributed by atoms with Gasteiger partial charge in [-0.05, 0) is 37.6 Å². The molecule has 4 heteroatoms. The standard InChI is InChI=1S/C19H24N2O2/c22-18-7-6-16(19(23)12-18)13-20-17-8-10-21(11-9-17)14-15-4-2-1-3-5-15/h1-7,12,17,20,22-23H,8-11,13-14H2. The molecule has 1 aliphatic heterocycles. The molecule has 0 spiro atoms. The average molecular weight is 312 g/mol. The first-order valence-electron chi connectivity index (χ1n) is 8.21. The van der Waals surface area contributed by atoms with Gasteiger partial charge in [-0.15, -0.1) is 0 Å². The summed E-state index contributed by atoms with van der Waals surface area (Å²) in [5, 5.41) is 22.7. The van der Waals surface area contributed by atoms with Crippen molar-refractivity contribution in [2.24, 2.45) is 0 Å². The van der Waals surface area contributed by atoms with Gasteiger partial charge in [0.25, 0.3) is 0 Å². The lowest BCUT2D eigenvalue weighted by Gasteiger charge is -2.32. The Balaban J connectivity index is 1.44. The SMILES string of the molecule is Oc1ccc(CNC2CCN(Cc3ccccc3)CC2)c(O)c1. The summed E-state index contributed by atoms with van der Waals surface area (Å²) in [6, 6.07) is 15.8. The number of nitrogens with zero attached hydrogens (tertiary/aromatic N) is 1. The maximum absolute atomic E-state index is 9.82. The molecule has 1 saturated heterocycles. The molecule has 0 amide bonds. The molecule has 1 aliphatic rings. The second-order valence-corrected chi connectivity index (χ2v) is 6.23. The number of aromatic hydroxyl groups is 2. The highest BCUT2D eigenvalue weighted by Crippen LogP contribution is 2.23. The van der Waals surface area contributed by atoms with Gasteiger partial charge in [0, 0.05) is 30.8 Å². The minimum absolute atomic E-state index is 0.0977. The van der Waals surface area contributed by atoms with E-state index in [1.165, 1.54) is 11.6 Å². The van der Waals surface area contributed by atoms with Gasteiger partial charge in [0.2, 0.25) is 0 Å². The van der Waals surface area contributed by atoms with E-state index in [2.05, 4.69) is 40.5 Å².